The molecule has 0 aliphatic rings. The van der Waals surface area contributed by atoms with Gasteiger partial charge < -0.3 is 5.73 Å². The van der Waals surface area contributed by atoms with E-state index in [4.69, 9.17) is 5.73 Å². The maximum Gasteiger partial charge on any atom is 0.211 e. The SMILES string of the molecule is CCCCS(=O)(=O)NCC(CCC)CCN. The molecule has 0 aliphatic heterocycles. The first-order valence-corrected chi connectivity index (χ1v) is 7.88. The molecule has 0 heterocycles. The summed E-state index contributed by atoms with van der Waals surface area (Å²) < 4.78 is 25.8. The van der Waals surface area contributed by atoms with Crippen molar-refractivity contribution in [3.63, 3.8) is 0 Å². The van der Waals surface area contributed by atoms with Gasteiger partial charge >= 0.3 is 0 Å². The van der Waals surface area contributed by atoms with E-state index in [1.807, 2.05) is 6.92 Å². The molecule has 0 radical (unpaired) electrons. The summed E-state index contributed by atoms with van der Waals surface area (Å²) in [5.41, 5.74) is 5.50. The van der Waals surface area contributed by atoms with E-state index in [2.05, 4.69) is 11.6 Å². The molecule has 0 aromatic heterocycles. The van der Waals surface area contributed by atoms with Gasteiger partial charge in [0.2, 0.25) is 10.0 Å². The second kappa shape index (κ2) is 8.96. The van der Waals surface area contributed by atoms with Crippen LogP contribution in [0, 0.1) is 5.92 Å². The second-order valence-corrected chi connectivity index (χ2v) is 6.18. The quantitative estimate of drug-likeness (QED) is 0.617. The van der Waals surface area contributed by atoms with E-state index < -0.39 is 10.0 Å². The van der Waals surface area contributed by atoms with Crippen LogP contribution in [0.2, 0.25) is 0 Å². The zero-order chi connectivity index (χ0) is 12.4. The van der Waals surface area contributed by atoms with Gasteiger partial charge in [-0.25, -0.2) is 13.1 Å². The normalized spacial score (nSPS) is 13.9. The molecule has 0 aromatic rings. The molecule has 0 aliphatic carbocycles. The minimum absolute atomic E-state index is 0.241. The Morgan fingerprint density at radius 3 is 2.38 bits per heavy atom. The number of sulfonamides is 1. The largest absolute Gasteiger partial charge is 0.330 e. The van der Waals surface area contributed by atoms with Crippen molar-refractivity contribution in [2.24, 2.45) is 11.7 Å². The van der Waals surface area contributed by atoms with Gasteiger partial charge in [0.1, 0.15) is 0 Å². The fourth-order valence-electron chi connectivity index (χ4n) is 1.64. The highest BCUT2D eigenvalue weighted by atomic mass is 32.2. The Hall–Kier alpha value is -0.130. The molecule has 3 N–H and O–H groups in total. The molecular weight excluding hydrogens is 224 g/mol. The molecule has 16 heavy (non-hydrogen) atoms. The molecule has 4 nitrogen and oxygen atoms in total. The van der Waals surface area contributed by atoms with Crippen LogP contribution in [0.25, 0.3) is 0 Å². The highest BCUT2D eigenvalue weighted by molar-refractivity contribution is 7.89. The molecule has 98 valence electrons. The van der Waals surface area contributed by atoms with E-state index in [0.29, 0.717) is 19.0 Å². The fourth-order valence-corrected chi connectivity index (χ4v) is 2.95. The number of rotatable bonds is 10. The summed E-state index contributed by atoms with van der Waals surface area (Å²) in [4.78, 5) is 0. The molecule has 0 saturated carbocycles. The summed E-state index contributed by atoms with van der Waals surface area (Å²) in [5, 5.41) is 0. The van der Waals surface area contributed by atoms with Crippen LogP contribution in [0.15, 0.2) is 0 Å². The molecule has 1 atom stereocenters. The Morgan fingerprint density at radius 1 is 1.19 bits per heavy atom. The first-order chi connectivity index (χ1) is 7.55. The molecular formula is C11H26N2O2S. The van der Waals surface area contributed by atoms with Gasteiger partial charge in [-0.05, 0) is 31.7 Å². The lowest BCUT2D eigenvalue weighted by Gasteiger charge is -2.15. The summed E-state index contributed by atoms with van der Waals surface area (Å²) in [5.74, 6) is 0.622. The Balaban J connectivity index is 3.97. The standard InChI is InChI=1S/C11H26N2O2S/c1-3-5-9-16(14,15)13-10-11(6-4-2)7-8-12/h11,13H,3-10,12H2,1-2H3. The number of nitrogens with one attached hydrogen (secondary N) is 1. The third-order valence-corrected chi connectivity index (χ3v) is 4.06. The number of hydrogen-bond acceptors (Lipinski definition) is 3. The van der Waals surface area contributed by atoms with Crippen LogP contribution in [0.3, 0.4) is 0 Å². The van der Waals surface area contributed by atoms with Crippen molar-refractivity contribution in [2.45, 2.75) is 46.0 Å². The van der Waals surface area contributed by atoms with Gasteiger partial charge in [-0.1, -0.05) is 26.7 Å². The lowest BCUT2D eigenvalue weighted by Crippen LogP contribution is -2.32. The highest BCUT2D eigenvalue weighted by Gasteiger charge is 2.13. The highest BCUT2D eigenvalue weighted by Crippen LogP contribution is 2.09. The van der Waals surface area contributed by atoms with Crippen LogP contribution in [0.5, 0.6) is 0 Å². The first-order valence-electron chi connectivity index (χ1n) is 6.23. The predicted octanol–water partition coefficient (Wildman–Crippen LogP) is 1.47. The third kappa shape index (κ3) is 8.07. The molecule has 0 rings (SSSR count). The summed E-state index contributed by atoms with van der Waals surface area (Å²) >= 11 is 0. The topological polar surface area (TPSA) is 72.2 Å². The van der Waals surface area contributed by atoms with Gasteiger partial charge in [0.15, 0.2) is 0 Å². The molecule has 5 heteroatoms. The van der Waals surface area contributed by atoms with Gasteiger partial charge in [0.05, 0.1) is 5.75 Å². The van der Waals surface area contributed by atoms with Crippen LogP contribution in [0.1, 0.15) is 46.0 Å². The maximum atomic E-state index is 11.6. The van der Waals surface area contributed by atoms with E-state index >= 15 is 0 Å². The van der Waals surface area contributed by atoms with E-state index in [0.717, 1.165) is 32.1 Å². The van der Waals surface area contributed by atoms with E-state index in [1.165, 1.54) is 0 Å². The Morgan fingerprint density at radius 2 is 1.88 bits per heavy atom. The van der Waals surface area contributed by atoms with Crippen molar-refractivity contribution in [1.82, 2.24) is 4.72 Å². The number of unbranched alkanes of at least 4 members (excludes halogenated alkanes) is 1. The van der Waals surface area contributed by atoms with Crippen molar-refractivity contribution in [3.05, 3.63) is 0 Å². The smallest absolute Gasteiger partial charge is 0.211 e. The van der Waals surface area contributed by atoms with Gasteiger partial charge in [0, 0.05) is 6.54 Å². The van der Waals surface area contributed by atoms with Crippen LogP contribution >= 0.6 is 0 Å². The Kier molecular flexibility index (Phi) is 8.89. The minimum Gasteiger partial charge on any atom is -0.330 e. The summed E-state index contributed by atoms with van der Waals surface area (Å²) in [6.07, 6.45) is 4.63. The summed E-state index contributed by atoms with van der Waals surface area (Å²) in [7, 11) is -3.07. The van der Waals surface area contributed by atoms with Gasteiger partial charge in [-0.3, -0.25) is 0 Å². The summed E-state index contributed by atoms with van der Waals surface area (Å²) in [6, 6.07) is 0. The second-order valence-electron chi connectivity index (χ2n) is 4.25. The van der Waals surface area contributed by atoms with Crippen molar-refractivity contribution in [1.29, 1.82) is 0 Å². The molecule has 0 fully saturated rings. The van der Waals surface area contributed by atoms with E-state index in [9.17, 15) is 8.42 Å². The van der Waals surface area contributed by atoms with E-state index in [1.54, 1.807) is 0 Å². The zero-order valence-corrected chi connectivity index (χ0v) is 11.4. The third-order valence-electron chi connectivity index (χ3n) is 2.63. The molecule has 0 aromatic carbocycles. The Bertz CT molecular complexity index is 247. The lowest BCUT2D eigenvalue weighted by atomic mass is 10.0. The lowest BCUT2D eigenvalue weighted by molar-refractivity contribution is 0.443. The van der Waals surface area contributed by atoms with Gasteiger partial charge in [-0.2, -0.15) is 0 Å². The van der Waals surface area contributed by atoms with Crippen molar-refractivity contribution in [3.8, 4) is 0 Å². The molecule has 0 bridgehead atoms. The molecule has 1 unspecified atom stereocenters. The summed E-state index contributed by atoms with van der Waals surface area (Å²) in [6.45, 7) is 5.26. The molecule has 0 amide bonds. The van der Waals surface area contributed by atoms with Crippen LogP contribution in [-0.2, 0) is 10.0 Å². The van der Waals surface area contributed by atoms with Crippen LogP contribution in [0.4, 0.5) is 0 Å². The fraction of sp³-hybridized carbons (Fsp3) is 1.00. The zero-order valence-electron chi connectivity index (χ0n) is 10.5. The predicted molar refractivity (Wildman–Crippen MR) is 68.8 cm³/mol. The number of nitrogens with two attached hydrogens (primary N) is 1. The molecule has 0 spiro atoms. The van der Waals surface area contributed by atoms with Crippen LogP contribution in [-0.4, -0.2) is 27.3 Å². The Labute approximate surface area is 100 Å². The average Bonchev–Trinajstić information content (AvgIpc) is 2.24. The van der Waals surface area contributed by atoms with E-state index in [-0.39, 0.29) is 5.75 Å². The number of hydrogen-bond donors (Lipinski definition) is 2. The van der Waals surface area contributed by atoms with Gasteiger partial charge in [0.25, 0.3) is 0 Å². The van der Waals surface area contributed by atoms with Crippen molar-refractivity contribution >= 4 is 10.0 Å². The van der Waals surface area contributed by atoms with Gasteiger partial charge in [-0.15, -0.1) is 0 Å². The van der Waals surface area contributed by atoms with Crippen LogP contribution < -0.4 is 10.5 Å². The minimum atomic E-state index is -3.07. The average molecular weight is 250 g/mol. The van der Waals surface area contributed by atoms with Crippen molar-refractivity contribution < 1.29 is 8.42 Å². The van der Waals surface area contributed by atoms with Crippen molar-refractivity contribution in [2.75, 3.05) is 18.8 Å². The molecule has 0 saturated heterocycles. The first kappa shape index (κ1) is 15.9. The maximum absolute atomic E-state index is 11.6. The monoisotopic (exact) mass is 250 g/mol.